The maximum atomic E-state index is 11.1. The van der Waals surface area contributed by atoms with E-state index >= 15 is 0 Å². The Morgan fingerprint density at radius 1 is 1.25 bits per heavy atom. The number of benzene rings is 1. The summed E-state index contributed by atoms with van der Waals surface area (Å²) < 4.78 is 13.2. The van der Waals surface area contributed by atoms with Crippen molar-refractivity contribution in [1.29, 1.82) is 0 Å². The van der Waals surface area contributed by atoms with Gasteiger partial charge in [0.05, 0.1) is 6.54 Å². The van der Waals surface area contributed by atoms with Crippen molar-refractivity contribution < 1.29 is 19.4 Å². The number of aliphatic carboxylic acids is 1. The molecule has 130 valence electrons. The van der Waals surface area contributed by atoms with E-state index in [0.717, 1.165) is 17.9 Å². The molecule has 1 N–H and O–H groups in total. The maximum Gasteiger partial charge on any atom is 0.333 e. The predicted octanol–water partition coefficient (Wildman–Crippen LogP) is 3.22. The highest BCUT2D eigenvalue weighted by atomic mass is 16.5. The van der Waals surface area contributed by atoms with Crippen molar-refractivity contribution in [2.24, 2.45) is 0 Å². The van der Waals surface area contributed by atoms with Crippen LogP contribution in [0, 0.1) is 13.8 Å². The van der Waals surface area contributed by atoms with Gasteiger partial charge < -0.3 is 19.1 Å². The van der Waals surface area contributed by atoms with Crippen LogP contribution in [0.3, 0.4) is 0 Å². The first-order valence-electron chi connectivity index (χ1n) is 8.19. The van der Waals surface area contributed by atoms with Crippen LogP contribution in [0.25, 0.3) is 0 Å². The van der Waals surface area contributed by atoms with E-state index < -0.39 is 12.1 Å². The van der Waals surface area contributed by atoms with E-state index in [1.54, 1.807) is 6.92 Å². The van der Waals surface area contributed by atoms with Crippen LogP contribution in [-0.2, 0) is 22.5 Å². The van der Waals surface area contributed by atoms with Crippen molar-refractivity contribution in [3.63, 3.8) is 0 Å². The zero-order valence-corrected chi connectivity index (χ0v) is 14.5. The molecule has 1 atom stereocenters. The molecule has 5 nitrogen and oxygen atoms in total. The standard InChI is InChI=1S/C19H25NO4/c1-4-23-18(19(21)22)12-16-5-7-17(8-6-16)24-10-9-20-13-14(2)11-15(20)3/h5-8,11,13,18H,4,9-10,12H2,1-3H3,(H,21,22). The Morgan fingerprint density at radius 3 is 2.50 bits per heavy atom. The van der Waals surface area contributed by atoms with Crippen molar-refractivity contribution in [3.8, 4) is 5.75 Å². The summed E-state index contributed by atoms with van der Waals surface area (Å²) in [6, 6.07) is 9.65. The molecule has 1 aromatic carbocycles. The number of aromatic nitrogens is 1. The third-order valence-electron chi connectivity index (χ3n) is 3.84. The summed E-state index contributed by atoms with van der Waals surface area (Å²) in [5.41, 5.74) is 3.39. The molecule has 1 heterocycles. The normalized spacial score (nSPS) is 12.1. The lowest BCUT2D eigenvalue weighted by atomic mass is 10.1. The molecule has 1 unspecified atom stereocenters. The first kappa shape index (κ1) is 18.1. The van der Waals surface area contributed by atoms with E-state index in [1.807, 2.05) is 24.3 Å². The Balaban J connectivity index is 1.85. The molecule has 1 aromatic heterocycles. The van der Waals surface area contributed by atoms with Gasteiger partial charge in [-0.25, -0.2) is 4.79 Å². The fourth-order valence-corrected chi connectivity index (χ4v) is 2.65. The second kappa shape index (κ2) is 8.55. The Labute approximate surface area is 142 Å². The lowest BCUT2D eigenvalue weighted by molar-refractivity contribution is -0.149. The van der Waals surface area contributed by atoms with Crippen molar-refractivity contribution in [1.82, 2.24) is 4.57 Å². The molecule has 0 aliphatic heterocycles. The quantitative estimate of drug-likeness (QED) is 0.766. The SMILES string of the molecule is CCOC(Cc1ccc(OCCn2cc(C)cc2C)cc1)C(=O)O. The van der Waals surface area contributed by atoms with Crippen molar-refractivity contribution >= 4 is 5.97 Å². The van der Waals surface area contributed by atoms with E-state index in [1.165, 1.54) is 11.3 Å². The van der Waals surface area contributed by atoms with Crippen LogP contribution in [0.4, 0.5) is 0 Å². The fraction of sp³-hybridized carbons (Fsp3) is 0.421. The van der Waals surface area contributed by atoms with Crippen LogP contribution in [0.15, 0.2) is 36.5 Å². The zero-order chi connectivity index (χ0) is 17.5. The summed E-state index contributed by atoms with van der Waals surface area (Å²) in [5.74, 6) is -0.155. The largest absolute Gasteiger partial charge is 0.492 e. The molecule has 0 saturated heterocycles. The van der Waals surface area contributed by atoms with Crippen LogP contribution < -0.4 is 4.74 Å². The molecule has 0 radical (unpaired) electrons. The highest BCUT2D eigenvalue weighted by molar-refractivity contribution is 5.72. The molecule has 24 heavy (non-hydrogen) atoms. The monoisotopic (exact) mass is 331 g/mol. The molecule has 0 spiro atoms. The second-order valence-electron chi connectivity index (χ2n) is 5.83. The second-order valence-corrected chi connectivity index (χ2v) is 5.83. The maximum absolute atomic E-state index is 11.1. The molecule has 0 saturated carbocycles. The number of hydrogen-bond donors (Lipinski definition) is 1. The Morgan fingerprint density at radius 2 is 1.96 bits per heavy atom. The van der Waals surface area contributed by atoms with Gasteiger partial charge in [0.2, 0.25) is 0 Å². The molecular weight excluding hydrogens is 306 g/mol. The van der Waals surface area contributed by atoms with Crippen LogP contribution in [0.2, 0.25) is 0 Å². The predicted molar refractivity (Wildman–Crippen MR) is 92.6 cm³/mol. The van der Waals surface area contributed by atoms with Gasteiger partial charge in [-0.1, -0.05) is 12.1 Å². The average Bonchev–Trinajstić information content (AvgIpc) is 2.86. The van der Waals surface area contributed by atoms with Crippen molar-refractivity contribution in [3.05, 3.63) is 53.3 Å². The summed E-state index contributed by atoms with van der Waals surface area (Å²) in [6.45, 7) is 7.73. The smallest absolute Gasteiger partial charge is 0.333 e. The third-order valence-corrected chi connectivity index (χ3v) is 3.84. The minimum atomic E-state index is -0.936. The molecule has 0 amide bonds. The van der Waals surface area contributed by atoms with Crippen LogP contribution >= 0.6 is 0 Å². The highest BCUT2D eigenvalue weighted by Gasteiger charge is 2.17. The number of carbonyl (C=O) groups is 1. The Hall–Kier alpha value is -2.27. The number of ether oxygens (including phenoxy) is 2. The summed E-state index contributed by atoms with van der Waals surface area (Å²) in [5, 5.41) is 9.12. The first-order chi connectivity index (χ1) is 11.5. The molecule has 2 rings (SSSR count). The van der Waals surface area contributed by atoms with E-state index in [4.69, 9.17) is 14.6 Å². The van der Waals surface area contributed by atoms with Crippen molar-refractivity contribution in [2.45, 2.75) is 39.8 Å². The number of carboxylic acids is 1. The van der Waals surface area contributed by atoms with Crippen molar-refractivity contribution in [2.75, 3.05) is 13.2 Å². The van der Waals surface area contributed by atoms with E-state index in [2.05, 4.69) is 30.7 Å². The third kappa shape index (κ3) is 5.13. The van der Waals surface area contributed by atoms with Crippen LogP contribution in [-0.4, -0.2) is 35.0 Å². The number of hydrogen-bond acceptors (Lipinski definition) is 3. The number of carboxylic acid groups (broad SMARTS) is 1. The van der Waals surface area contributed by atoms with Gasteiger partial charge in [-0.3, -0.25) is 0 Å². The van der Waals surface area contributed by atoms with Crippen LogP contribution in [0.5, 0.6) is 5.75 Å². The van der Waals surface area contributed by atoms with Gasteiger partial charge in [-0.2, -0.15) is 0 Å². The van der Waals surface area contributed by atoms with Gasteiger partial charge in [-0.15, -0.1) is 0 Å². The van der Waals surface area contributed by atoms with Gasteiger partial charge in [0.25, 0.3) is 0 Å². The Bertz CT molecular complexity index is 661. The molecule has 0 bridgehead atoms. The minimum Gasteiger partial charge on any atom is -0.492 e. The average molecular weight is 331 g/mol. The van der Waals surface area contributed by atoms with Gasteiger partial charge in [0, 0.05) is 24.9 Å². The summed E-state index contributed by atoms with van der Waals surface area (Å²) in [4.78, 5) is 11.1. The molecule has 2 aromatic rings. The molecular formula is C19H25NO4. The van der Waals surface area contributed by atoms with E-state index in [9.17, 15) is 4.79 Å². The topological polar surface area (TPSA) is 60.7 Å². The number of rotatable bonds is 9. The summed E-state index contributed by atoms with van der Waals surface area (Å²) in [6.07, 6.45) is 1.66. The van der Waals surface area contributed by atoms with Gasteiger partial charge >= 0.3 is 5.97 Å². The molecule has 0 fully saturated rings. The van der Waals surface area contributed by atoms with Gasteiger partial charge in [-0.05, 0) is 50.1 Å². The van der Waals surface area contributed by atoms with Crippen LogP contribution in [0.1, 0.15) is 23.7 Å². The molecule has 5 heteroatoms. The number of nitrogens with zero attached hydrogens (tertiary/aromatic N) is 1. The van der Waals surface area contributed by atoms with E-state index in [0.29, 0.717) is 19.6 Å². The Kier molecular flexibility index (Phi) is 6.44. The van der Waals surface area contributed by atoms with Gasteiger partial charge in [0.15, 0.2) is 6.10 Å². The first-order valence-corrected chi connectivity index (χ1v) is 8.19. The highest BCUT2D eigenvalue weighted by Crippen LogP contribution is 2.15. The fourth-order valence-electron chi connectivity index (χ4n) is 2.65. The van der Waals surface area contributed by atoms with E-state index in [-0.39, 0.29) is 0 Å². The number of aryl methyl sites for hydroxylation is 2. The summed E-state index contributed by atoms with van der Waals surface area (Å²) >= 11 is 0. The van der Waals surface area contributed by atoms with Gasteiger partial charge in [0.1, 0.15) is 12.4 Å². The lowest BCUT2D eigenvalue weighted by Crippen LogP contribution is -2.26. The summed E-state index contributed by atoms with van der Waals surface area (Å²) in [7, 11) is 0. The minimum absolute atomic E-state index is 0.352. The lowest BCUT2D eigenvalue weighted by Gasteiger charge is -2.13. The molecule has 0 aliphatic rings. The molecule has 0 aliphatic carbocycles. The zero-order valence-electron chi connectivity index (χ0n) is 14.5.